The molecule has 0 radical (unpaired) electrons. The topological polar surface area (TPSA) is 105 Å². The number of nitrogens with one attached hydrogen (secondary N) is 1. The average molecular weight is 550 g/mol. The van der Waals surface area contributed by atoms with Gasteiger partial charge in [-0.15, -0.1) is 0 Å². The first-order valence-electron chi connectivity index (χ1n) is 12.5. The number of rotatable bonds is 10. The second-order valence-electron chi connectivity index (χ2n) is 10.3. The van der Waals surface area contributed by atoms with E-state index in [-0.39, 0.29) is 43.3 Å². The number of carbonyl (C=O) groups excluding carboxylic acids is 2. The first kappa shape index (κ1) is 29.2. The Bertz CT molecular complexity index is 1260. The van der Waals surface area contributed by atoms with Crippen LogP contribution >= 0.6 is 0 Å². The molecule has 0 fully saturated rings. The number of halogens is 1. The van der Waals surface area contributed by atoms with Crippen molar-refractivity contribution in [2.75, 3.05) is 30.3 Å². The summed E-state index contributed by atoms with van der Waals surface area (Å²) in [4.78, 5) is 27.6. The van der Waals surface area contributed by atoms with Crippen molar-refractivity contribution in [1.82, 2.24) is 10.2 Å². The van der Waals surface area contributed by atoms with E-state index in [4.69, 9.17) is 9.47 Å². The number of fused-ring (bicyclic) bond motifs is 1. The molecule has 0 spiro atoms. The first-order valence-corrected chi connectivity index (χ1v) is 14.3. The lowest BCUT2D eigenvalue weighted by Gasteiger charge is -2.32. The molecule has 2 aromatic rings. The Morgan fingerprint density at radius 2 is 1.74 bits per heavy atom. The third-order valence-electron chi connectivity index (χ3n) is 5.93. The fourth-order valence-electron chi connectivity index (χ4n) is 4.06. The lowest BCUT2D eigenvalue weighted by Crippen LogP contribution is -2.52. The maximum absolute atomic E-state index is 14.4. The molecule has 2 aromatic carbocycles. The molecule has 11 heteroatoms. The summed E-state index contributed by atoms with van der Waals surface area (Å²) >= 11 is 0. The quantitative estimate of drug-likeness (QED) is 0.487. The van der Waals surface area contributed by atoms with Gasteiger partial charge in [-0.1, -0.05) is 18.2 Å². The van der Waals surface area contributed by atoms with E-state index in [2.05, 4.69) is 5.32 Å². The molecule has 1 heterocycles. The Kier molecular flexibility index (Phi) is 9.24. The third-order valence-corrected chi connectivity index (χ3v) is 7.12. The van der Waals surface area contributed by atoms with Crippen molar-refractivity contribution in [2.45, 2.75) is 58.7 Å². The zero-order valence-corrected chi connectivity index (χ0v) is 23.3. The van der Waals surface area contributed by atoms with Gasteiger partial charge in [0.2, 0.25) is 21.8 Å². The molecular weight excluding hydrogens is 513 g/mol. The van der Waals surface area contributed by atoms with Crippen molar-refractivity contribution in [1.29, 1.82) is 0 Å². The van der Waals surface area contributed by atoms with Gasteiger partial charge in [0.25, 0.3) is 0 Å². The molecule has 0 unspecified atom stereocenters. The Morgan fingerprint density at radius 1 is 1.08 bits per heavy atom. The van der Waals surface area contributed by atoms with E-state index in [0.717, 1.165) is 6.26 Å². The lowest BCUT2D eigenvalue weighted by atomic mass is 10.1. The van der Waals surface area contributed by atoms with Gasteiger partial charge in [-0.05, 0) is 52.3 Å². The standard InChI is InChI=1S/C27H36FN3O6S/c1-19(26(33)29-27(2,3)4)30(18-20-9-6-7-10-22(20)28)25(32)11-8-14-31(38(5,34)35)21-12-13-23-24(17-21)37-16-15-36-23/h6-7,9-10,12-13,17,19H,8,11,14-16,18H2,1-5H3,(H,29,33)/t19-/m0/s1. The number of hydrogen-bond donors (Lipinski definition) is 1. The number of hydrogen-bond acceptors (Lipinski definition) is 6. The highest BCUT2D eigenvalue weighted by Gasteiger charge is 2.29. The van der Waals surface area contributed by atoms with Gasteiger partial charge in [0.15, 0.2) is 11.5 Å². The van der Waals surface area contributed by atoms with Gasteiger partial charge in [-0.3, -0.25) is 13.9 Å². The molecule has 38 heavy (non-hydrogen) atoms. The molecule has 0 saturated carbocycles. The number of carbonyl (C=O) groups is 2. The molecule has 0 bridgehead atoms. The highest BCUT2D eigenvalue weighted by molar-refractivity contribution is 7.92. The summed E-state index contributed by atoms with van der Waals surface area (Å²) in [7, 11) is -3.67. The van der Waals surface area contributed by atoms with Crippen LogP contribution in [0.3, 0.4) is 0 Å². The minimum Gasteiger partial charge on any atom is -0.486 e. The predicted octanol–water partition coefficient (Wildman–Crippen LogP) is 3.48. The summed E-state index contributed by atoms with van der Waals surface area (Å²) in [5, 5.41) is 2.86. The van der Waals surface area contributed by atoms with Crippen LogP contribution in [0.25, 0.3) is 0 Å². The van der Waals surface area contributed by atoms with Gasteiger partial charge in [-0.2, -0.15) is 0 Å². The predicted molar refractivity (Wildman–Crippen MR) is 143 cm³/mol. The second kappa shape index (κ2) is 12.0. The van der Waals surface area contributed by atoms with Crippen LogP contribution in [0.5, 0.6) is 11.5 Å². The summed E-state index contributed by atoms with van der Waals surface area (Å²) in [5.41, 5.74) is 0.160. The number of ether oxygens (including phenoxy) is 2. The Hall–Kier alpha value is -3.34. The molecule has 208 valence electrons. The van der Waals surface area contributed by atoms with Crippen LogP contribution in [0.4, 0.5) is 10.1 Å². The highest BCUT2D eigenvalue weighted by atomic mass is 32.2. The van der Waals surface area contributed by atoms with Crippen molar-refractivity contribution in [3.8, 4) is 11.5 Å². The summed E-state index contributed by atoms with van der Waals surface area (Å²) < 4.78 is 51.9. The maximum Gasteiger partial charge on any atom is 0.242 e. The average Bonchev–Trinajstić information content (AvgIpc) is 2.83. The van der Waals surface area contributed by atoms with Crippen LogP contribution in [0.15, 0.2) is 42.5 Å². The van der Waals surface area contributed by atoms with Crippen molar-refractivity contribution in [3.05, 3.63) is 53.8 Å². The second-order valence-corrected chi connectivity index (χ2v) is 12.2. The highest BCUT2D eigenvalue weighted by Crippen LogP contribution is 2.34. The third kappa shape index (κ3) is 7.83. The van der Waals surface area contributed by atoms with Gasteiger partial charge in [-0.25, -0.2) is 12.8 Å². The van der Waals surface area contributed by atoms with E-state index >= 15 is 0 Å². The molecule has 1 aliphatic heterocycles. The number of sulfonamides is 1. The van der Waals surface area contributed by atoms with E-state index in [9.17, 15) is 22.4 Å². The van der Waals surface area contributed by atoms with Crippen LogP contribution < -0.4 is 19.1 Å². The lowest BCUT2D eigenvalue weighted by molar-refractivity contribution is -0.141. The van der Waals surface area contributed by atoms with E-state index in [1.54, 1.807) is 43.3 Å². The van der Waals surface area contributed by atoms with E-state index < -0.39 is 27.4 Å². The summed E-state index contributed by atoms with van der Waals surface area (Å²) in [6.07, 6.45) is 1.23. The van der Waals surface area contributed by atoms with E-state index in [1.807, 2.05) is 20.8 Å². The fourth-order valence-corrected chi connectivity index (χ4v) is 5.02. The normalized spacial score (nSPS) is 13.9. The van der Waals surface area contributed by atoms with Crippen molar-refractivity contribution >= 4 is 27.5 Å². The smallest absolute Gasteiger partial charge is 0.242 e. The Labute approximate surface area is 224 Å². The molecule has 3 rings (SSSR count). The van der Waals surface area contributed by atoms with Gasteiger partial charge in [0.1, 0.15) is 25.1 Å². The molecule has 1 N–H and O–H groups in total. The Balaban J connectivity index is 1.76. The molecule has 0 saturated heterocycles. The molecule has 2 amide bonds. The number of anilines is 1. The minimum atomic E-state index is -3.67. The summed E-state index contributed by atoms with van der Waals surface area (Å²) in [6, 6.07) is 10.1. The SMILES string of the molecule is C[C@@H](C(=O)NC(C)(C)C)N(Cc1ccccc1F)C(=O)CCCN(c1ccc2c(c1)OCCO2)S(C)(=O)=O. The molecule has 9 nitrogen and oxygen atoms in total. The van der Waals surface area contributed by atoms with Crippen LogP contribution in [0, 0.1) is 5.82 Å². The largest absolute Gasteiger partial charge is 0.486 e. The van der Waals surface area contributed by atoms with Crippen molar-refractivity contribution in [2.24, 2.45) is 0 Å². The molecular formula is C27H36FN3O6S. The minimum absolute atomic E-state index is 0.0281. The Morgan fingerprint density at radius 3 is 2.37 bits per heavy atom. The van der Waals surface area contributed by atoms with Crippen LogP contribution in [0.2, 0.25) is 0 Å². The van der Waals surface area contributed by atoms with Crippen molar-refractivity contribution in [3.63, 3.8) is 0 Å². The number of nitrogens with zero attached hydrogens (tertiary/aromatic N) is 2. The zero-order valence-electron chi connectivity index (χ0n) is 22.5. The maximum atomic E-state index is 14.4. The number of benzene rings is 2. The van der Waals surface area contributed by atoms with Gasteiger partial charge in [0, 0.05) is 36.7 Å². The van der Waals surface area contributed by atoms with E-state index in [1.165, 1.54) is 15.3 Å². The molecule has 1 atom stereocenters. The molecule has 1 aliphatic rings. The van der Waals surface area contributed by atoms with Crippen LogP contribution in [-0.2, 0) is 26.2 Å². The summed E-state index contributed by atoms with van der Waals surface area (Å²) in [6.45, 7) is 7.80. The molecule has 0 aliphatic carbocycles. The van der Waals surface area contributed by atoms with Gasteiger partial charge >= 0.3 is 0 Å². The zero-order chi connectivity index (χ0) is 28.1. The van der Waals surface area contributed by atoms with Crippen molar-refractivity contribution < 1.29 is 31.9 Å². The summed E-state index contributed by atoms with van der Waals surface area (Å²) in [5.74, 6) is -0.240. The monoisotopic (exact) mass is 549 g/mol. The molecule has 0 aromatic heterocycles. The fraction of sp³-hybridized carbons (Fsp3) is 0.481. The van der Waals surface area contributed by atoms with Gasteiger partial charge in [0.05, 0.1) is 11.9 Å². The van der Waals surface area contributed by atoms with Gasteiger partial charge < -0.3 is 19.7 Å². The van der Waals surface area contributed by atoms with Crippen LogP contribution in [0.1, 0.15) is 46.1 Å². The van der Waals surface area contributed by atoms with Crippen LogP contribution in [-0.4, -0.2) is 62.7 Å². The van der Waals surface area contributed by atoms with E-state index in [0.29, 0.717) is 30.4 Å². The number of amides is 2. The first-order chi connectivity index (χ1) is 17.8.